The number of anilines is 1. The average molecular weight is 253 g/mol. The van der Waals surface area contributed by atoms with Crippen molar-refractivity contribution in [3.8, 4) is 5.75 Å². The zero-order valence-electron chi connectivity index (χ0n) is 10.8. The number of carbonyl (C=O) groups is 1. The molecule has 1 aromatic rings. The number of benzene rings is 1. The van der Waals surface area contributed by atoms with Crippen LogP contribution in [0.3, 0.4) is 0 Å². The lowest BCUT2D eigenvalue weighted by molar-refractivity contribution is 0.0318. The van der Waals surface area contributed by atoms with E-state index in [1.54, 1.807) is 18.2 Å². The summed E-state index contributed by atoms with van der Waals surface area (Å²) < 4.78 is 15.3. The Morgan fingerprint density at radius 3 is 2.67 bits per heavy atom. The lowest BCUT2D eigenvalue weighted by atomic mass is 10.2. The molecule has 1 aromatic carbocycles. The summed E-state index contributed by atoms with van der Waals surface area (Å²) >= 11 is 0. The summed E-state index contributed by atoms with van der Waals surface area (Å²) in [6.45, 7) is 3.32. The minimum Gasteiger partial charge on any atom is -0.497 e. The molecule has 100 valence electrons. The topological polar surface area (TPSA) is 70.8 Å². The van der Waals surface area contributed by atoms with E-state index in [-0.39, 0.29) is 6.61 Å². The van der Waals surface area contributed by atoms with Crippen molar-refractivity contribution in [1.82, 2.24) is 0 Å². The van der Waals surface area contributed by atoms with E-state index in [9.17, 15) is 4.79 Å². The Morgan fingerprint density at radius 1 is 1.22 bits per heavy atom. The van der Waals surface area contributed by atoms with E-state index >= 15 is 0 Å². The minimum atomic E-state index is -0.430. The van der Waals surface area contributed by atoms with Crippen LogP contribution in [0.4, 0.5) is 5.69 Å². The summed E-state index contributed by atoms with van der Waals surface area (Å²) in [5.74, 6) is 0.102. The monoisotopic (exact) mass is 253 g/mol. The van der Waals surface area contributed by atoms with Gasteiger partial charge in [-0.05, 0) is 18.6 Å². The minimum absolute atomic E-state index is 0.232. The van der Waals surface area contributed by atoms with Gasteiger partial charge in [0.1, 0.15) is 12.4 Å². The number of hydrogen-bond acceptors (Lipinski definition) is 5. The van der Waals surface area contributed by atoms with Gasteiger partial charge in [0, 0.05) is 18.4 Å². The number of rotatable bonds is 7. The van der Waals surface area contributed by atoms with Crippen LogP contribution in [0.15, 0.2) is 18.2 Å². The third kappa shape index (κ3) is 4.63. The highest BCUT2D eigenvalue weighted by molar-refractivity contribution is 5.91. The zero-order chi connectivity index (χ0) is 13.4. The fraction of sp³-hybridized carbons (Fsp3) is 0.462. The van der Waals surface area contributed by atoms with Crippen LogP contribution in [-0.4, -0.2) is 32.9 Å². The van der Waals surface area contributed by atoms with Crippen molar-refractivity contribution in [2.24, 2.45) is 0 Å². The highest BCUT2D eigenvalue weighted by atomic mass is 16.6. The molecule has 0 aliphatic heterocycles. The first-order valence-electron chi connectivity index (χ1n) is 5.86. The van der Waals surface area contributed by atoms with E-state index in [2.05, 4.69) is 0 Å². The van der Waals surface area contributed by atoms with Crippen LogP contribution in [0.25, 0.3) is 0 Å². The fourth-order valence-corrected chi connectivity index (χ4v) is 1.38. The molecule has 2 N–H and O–H groups in total. The zero-order valence-corrected chi connectivity index (χ0v) is 10.8. The predicted molar refractivity (Wildman–Crippen MR) is 68.8 cm³/mol. The van der Waals surface area contributed by atoms with Crippen LogP contribution < -0.4 is 10.5 Å². The number of hydrogen-bond donors (Lipinski definition) is 1. The summed E-state index contributed by atoms with van der Waals surface area (Å²) in [6, 6.07) is 4.78. The molecule has 0 radical (unpaired) electrons. The first-order valence-corrected chi connectivity index (χ1v) is 5.86. The van der Waals surface area contributed by atoms with Crippen molar-refractivity contribution in [1.29, 1.82) is 0 Å². The first-order chi connectivity index (χ1) is 8.67. The van der Waals surface area contributed by atoms with Gasteiger partial charge in [-0.25, -0.2) is 4.79 Å². The van der Waals surface area contributed by atoms with Gasteiger partial charge < -0.3 is 19.9 Å². The maximum atomic E-state index is 11.7. The highest BCUT2D eigenvalue weighted by Crippen LogP contribution is 2.18. The summed E-state index contributed by atoms with van der Waals surface area (Å²) in [4.78, 5) is 11.7. The molecule has 0 saturated heterocycles. The summed E-state index contributed by atoms with van der Waals surface area (Å²) in [6.07, 6.45) is 0.945. The number of carbonyl (C=O) groups excluding carboxylic acids is 1. The predicted octanol–water partition coefficient (Wildman–Crippen LogP) is 1.86. The van der Waals surface area contributed by atoms with Crippen molar-refractivity contribution in [3.63, 3.8) is 0 Å². The third-order valence-electron chi connectivity index (χ3n) is 2.21. The molecular weight excluding hydrogens is 234 g/mol. The molecule has 0 atom stereocenters. The summed E-state index contributed by atoms with van der Waals surface area (Å²) in [7, 11) is 1.52. The van der Waals surface area contributed by atoms with Gasteiger partial charge in [0.25, 0.3) is 0 Å². The molecule has 0 bridgehead atoms. The van der Waals surface area contributed by atoms with Crippen molar-refractivity contribution >= 4 is 11.7 Å². The molecule has 0 unspecified atom stereocenters. The second-order valence-electron chi connectivity index (χ2n) is 3.74. The Hall–Kier alpha value is -1.75. The van der Waals surface area contributed by atoms with Gasteiger partial charge in [-0.2, -0.15) is 0 Å². The van der Waals surface area contributed by atoms with E-state index < -0.39 is 5.97 Å². The van der Waals surface area contributed by atoms with Crippen LogP contribution in [0.5, 0.6) is 5.75 Å². The lowest BCUT2D eigenvalue weighted by Crippen LogP contribution is -2.11. The molecule has 5 heteroatoms. The van der Waals surface area contributed by atoms with Gasteiger partial charge in [-0.1, -0.05) is 6.92 Å². The first kappa shape index (κ1) is 14.3. The van der Waals surface area contributed by atoms with Crippen molar-refractivity contribution in [2.75, 3.05) is 32.7 Å². The second kappa shape index (κ2) is 7.55. The maximum Gasteiger partial charge on any atom is 0.338 e. The molecule has 0 fully saturated rings. The van der Waals surface area contributed by atoms with Crippen molar-refractivity contribution < 1.29 is 19.0 Å². The van der Waals surface area contributed by atoms with Gasteiger partial charge in [-0.15, -0.1) is 0 Å². The lowest BCUT2D eigenvalue weighted by Gasteiger charge is -2.07. The number of methoxy groups -OCH3 is 1. The summed E-state index contributed by atoms with van der Waals surface area (Å²) in [5.41, 5.74) is 6.49. The van der Waals surface area contributed by atoms with Gasteiger partial charge in [0.15, 0.2) is 0 Å². The maximum absolute atomic E-state index is 11.7. The van der Waals surface area contributed by atoms with Gasteiger partial charge in [0.05, 0.1) is 19.3 Å². The van der Waals surface area contributed by atoms with Crippen LogP contribution in [0, 0.1) is 0 Å². The summed E-state index contributed by atoms with van der Waals surface area (Å²) in [5, 5.41) is 0. The molecule has 0 aliphatic carbocycles. The van der Waals surface area contributed by atoms with Crippen molar-refractivity contribution in [3.05, 3.63) is 23.8 Å². The average Bonchev–Trinajstić information content (AvgIpc) is 2.37. The Bertz CT molecular complexity index is 393. The molecule has 0 spiro atoms. The van der Waals surface area contributed by atoms with Gasteiger partial charge in [-0.3, -0.25) is 0 Å². The quantitative estimate of drug-likeness (QED) is 0.456. The van der Waals surface area contributed by atoms with E-state index in [0.717, 1.165) is 6.42 Å². The fourth-order valence-electron chi connectivity index (χ4n) is 1.38. The van der Waals surface area contributed by atoms with Crippen LogP contribution >= 0.6 is 0 Å². The molecule has 0 heterocycles. The molecular formula is C13H19NO4. The molecule has 0 saturated carbocycles. The van der Waals surface area contributed by atoms with Crippen molar-refractivity contribution in [2.45, 2.75) is 13.3 Å². The molecule has 0 aliphatic rings. The Kier molecular flexibility index (Phi) is 6.00. The highest BCUT2D eigenvalue weighted by Gasteiger charge is 2.09. The molecule has 5 nitrogen and oxygen atoms in total. The third-order valence-corrected chi connectivity index (χ3v) is 2.21. The second-order valence-corrected chi connectivity index (χ2v) is 3.74. The Labute approximate surface area is 107 Å². The Balaban J connectivity index is 2.48. The SMILES string of the molecule is CCCOCCOC(=O)c1cc(N)cc(OC)c1. The van der Waals surface area contributed by atoms with Crippen LogP contribution in [-0.2, 0) is 9.47 Å². The van der Waals surface area contributed by atoms with E-state index in [0.29, 0.717) is 30.2 Å². The largest absolute Gasteiger partial charge is 0.497 e. The number of esters is 1. The number of ether oxygens (including phenoxy) is 3. The number of nitrogen functional groups attached to an aromatic ring is 1. The smallest absolute Gasteiger partial charge is 0.338 e. The van der Waals surface area contributed by atoms with E-state index in [4.69, 9.17) is 19.9 Å². The molecule has 18 heavy (non-hydrogen) atoms. The van der Waals surface area contributed by atoms with Crippen LogP contribution in [0.1, 0.15) is 23.7 Å². The Morgan fingerprint density at radius 2 is 2.00 bits per heavy atom. The normalized spacial score (nSPS) is 10.1. The van der Waals surface area contributed by atoms with E-state index in [1.165, 1.54) is 7.11 Å². The van der Waals surface area contributed by atoms with Crippen LogP contribution in [0.2, 0.25) is 0 Å². The number of nitrogens with two attached hydrogens (primary N) is 1. The van der Waals surface area contributed by atoms with Gasteiger partial charge in [0.2, 0.25) is 0 Å². The van der Waals surface area contributed by atoms with Gasteiger partial charge >= 0.3 is 5.97 Å². The molecule has 0 aromatic heterocycles. The molecule has 0 amide bonds. The molecule has 1 rings (SSSR count). The van der Waals surface area contributed by atoms with E-state index in [1.807, 2.05) is 6.92 Å². The standard InChI is InChI=1S/C13H19NO4/c1-3-4-17-5-6-18-13(15)10-7-11(14)9-12(8-10)16-2/h7-9H,3-6,14H2,1-2H3.